The molecule has 180 valence electrons. The van der Waals surface area contributed by atoms with Crippen LogP contribution in [0.15, 0.2) is 36.4 Å². The maximum atomic E-state index is 13.0. The number of amides is 2. The first-order valence-electron chi connectivity index (χ1n) is 12.0. The van der Waals surface area contributed by atoms with Crippen molar-refractivity contribution in [2.75, 3.05) is 13.1 Å². The van der Waals surface area contributed by atoms with Crippen molar-refractivity contribution < 1.29 is 9.59 Å². The number of likely N-dealkylation sites (tertiary alicyclic amines) is 1. The van der Waals surface area contributed by atoms with Gasteiger partial charge >= 0.3 is 0 Å². The Kier molecular flexibility index (Phi) is 7.14. The predicted octanol–water partition coefficient (Wildman–Crippen LogP) is 3.65. The van der Waals surface area contributed by atoms with Gasteiger partial charge in [-0.3, -0.25) is 19.4 Å². The molecular formula is C26H34N6O2. The Hall–Kier alpha value is -3.42. The number of nitrogens with one attached hydrogen (secondary N) is 2. The maximum Gasteiger partial charge on any atom is 0.271 e. The second kappa shape index (κ2) is 10.2. The molecule has 34 heavy (non-hydrogen) atoms. The van der Waals surface area contributed by atoms with Gasteiger partial charge in [-0.15, -0.1) is 0 Å². The number of hydrogen-bond donors (Lipinski definition) is 2. The third-order valence-electron chi connectivity index (χ3n) is 6.56. The maximum absolute atomic E-state index is 13.0. The Morgan fingerprint density at radius 3 is 2.56 bits per heavy atom. The van der Waals surface area contributed by atoms with Gasteiger partial charge in [0.2, 0.25) is 5.91 Å². The number of aryl methyl sites for hydroxylation is 3. The molecule has 3 aromatic rings. The average Bonchev–Trinajstić information content (AvgIpc) is 3.40. The summed E-state index contributed by atoms with van der Waals surface area (Å²) in [5.41, 5.74) is 5.51. The number of benzene rings is 1. The highest BCUT2D eigenvalue weighted by molar-refractivity contribution is 5.93. The Balaban J connectivity index is 1.25. The highest BCUT2D eigenvalue weighted by Crippen LogP contribution is 2.24. The van der Waals surface area contributed by atoms with Crippen LogP contribution in [0.5, 0.6) is 0 Å². The second-order valence-corrected chi connectivity index (χ2v) is 9.50. The highest BCUT2D eigenvalue weighted by Gasteiger charge is 2.26. The van der Waals surface area contributed by atoms with Gasteiger partial charge in [0.15, 0.2) is 0 Å². The Morgan fingerprint density at radius 1 is 1.15 bits per heavy atom. The first-order chi connectivity index (χ1) is 16.3. The molecular weight excluding hydrogens is 428 g/mol. The molecule has 1 aliphatic rings. The van der Waals surface area contributed by atoms with Crippen molar-refractivity contribution in [3.05, 3.63) is 59.0 Å². The average molecular weight is 463 g/mol. The zero-order chi connectivity index (χ0) is 24.2. The molecule has 1 fully saturated rings. The van der Waals surface area contributed by atoms with Gasteiger partial charge in [0.1, 0.15) is 5.69 Å². The topological polar surface area (TPSA) is 95.9 Å². The lowest BCUT2D eigenvalue weighted by molar-refractivity contribution is -0.123. The standard InChI is InChI=1S/C26H34N6O2/c1-17-7-5-6-8-22(17)23-15-24(29-28-23)26(34)31-11-9-21(10-12-31)14-25(33)27-19(3)16-32-20(4)13-18(2)30-32/h5-8,13,15,19,21H,9-12,14,16H2,1-4H3,(H,27,33)(H,28,29). The zero-order valence-corrected chi connectivity index (χ0v) is 20.5. The summed E-state index contributed by atoms with van der Waals surface area (Å²) in [7, 11) is 0. The van der Waals surface area contributed by atoms with Crippen LogP contribution in [0.1, 0.15) is 53.6 Å². The summed E-state index contributed by atoms with van der Waals surface area (Å²) in [5.74, 6) is 0.318. The van der Waals surface area contributed by atoms with E-state index in [1.807, 2.05) is 73.7 Å². The molecule has 8 heteroatoms. The molecule has 2 N–H and O–H groups in total. The number of nitrogens with zero attached hydrogens (tertiary/aromatic N) is 4. The summed E-state index contributed by atoms with van der Waals surface area (Å²) in [5, 5.41) is 14.8. The molecule has 0 bridgehead atoms. The van der Waals surface area contributed by atoms with E-state index in [-0.39, 0.29) is 23.8 Å². The minimum Gasteiger partial charge on any atom is -0.352 e. The first-order valence-corrected chi connectivity index (χ1v) is 12.0. The third kappa shape index (κ3) is 5.55. The lowest BCUT2D eigenvalue weighted by Crippen LogP contribution is -2.41. The lowest BCUT2D eigenvalue weighted by atomic mass is 9.93. The van der Waals surface area contributed by atoms with Crippen LogP contribution in [0.4, 0.5) is 0 Å². The van der Waals surface area contributed by atoms with E-state index in [0.717, 1.165) is 41.1 Å². The normalized spacial score (nSPS) is 15.4. The van der Waals surface area contributed by atoms with Gasteiger partial charge in [0.25, 0.3) is 5.91 Å². The second-order valence-electron chi connectivity index (χ2n) is 9.50. The van der Waals surface area contributed by atoms with Crippen molar-refractivity contribution in [3.8, 4) is 11.3 Å². The van der Waals surface area contributed by atoms with E-state index >= 15 is 0 Å². The zero-order valence-electron chi connectivity index (χ0n) is 20.5. The number of hydrogen-bond acceptors (Lipinski definition) is 4. The van der Waals surface area contributed by atoms with E-state index in [9.17, 15) is 9.59 Å². The van der Waals surface area contributed by atoms with Crippen LogP contribution in [0.2, 0.25) is 0 Å². The van der Waals surface area contributed by atoms with Gasteiger partial charge in [0, 0.05) is 36.8 Å². The Labute approximate surface area is 200 Å². The molecule has 0 spiro atoms. The highest BCUT2D eigenvalue weighted by atomic mass is 16.2. The van der Waals surface area contributed by atoms with Crippen LogP contribution in [0.25, 0.3) is 11.3 Å². The van der Waals surface area contributed by atoms with E-state index < -0.39 is 0 Å². The quantitative estimate of drug-likeness (QED) is 0.560. The van der Waals surface area contributed by atoms with Gasteiger partial charge in [-0.1, -0.05) is 24.3 Å². The molecule has 1 aliphatic heterocycles. The molecule has 1 saturated heterocycles. The van der Waals surface area contributed by atoms with Crippen LogP contribution >= 0.6 is 0 Å². The summed E-state index contributed by atoms with van der Waals surface area (Å²) in [6, 6.07) is 11.9. The van der Waals surface area contributed by atoms with E-state index in [2.05, 4.69) is 20.6 Å². The van der Waals surface area contributed by atoms with Crippen LogP contribution in [0.3, 0.4) is 0 Å². The van der Waals surface area contributed by atoms with Crippen molar-refractivity contribution in [2.24, 2.45) is 5.92 Å². The monoisotopic (exact) mass is 462 g/mol. The Morgan fingerprint density at radius 2 is 1.88 bits per heavy atom. The largest absolute Gasteiger partial charge is 0.352 e. The molecule has 1 atom stereocenters. The summed E-state index contributed by atoms with van der Waals surface area (Å²) >= 11 is 0. The smallest absolute Gasteiger partial charge is 0.271 e. The van der Waals surface area contributed by atoms with E-state index in [4.69, 9.17) is 0 Å². The fourth-order valence-corrected chi connectivity index (χ4v) is 4.70. The van der Waals surface area contributed by atoms with Crippen LogP contribution in [-0.4, -0.2) is 55.8 Å². The molecule has 1 unspecified atom stereocenters. The molecule has 4 rings (SSSR count). The molecule has 0 radical (unpaired) electrons. The number of aromatic nitrogens is 4. The van der Waals surface area contributed by atoms with Crippen LogP contribution < -0.4 is 5.32 Å². The van der Waals surface area contributed by atoms with E-state index in [1.54, 1.807) is 0 Å². The van der Waals surface area contributed by atoms with Crippen molar-refractivity contribution in [1.29, 1.82) is 0 Å². The van der Waals surface area contributed by atoms with E-state index in [1.165, 1.54) is 0 Å². The van der Waals surface area contributed by atoms with Gasteiger partial charge in [-0.05, 0) is 64.2 Å². The molecule has 1 aromatic carbocycles. The number of carbonyl (C=O) groups is 2. The molecule has 0 aliphatic carbocycles. The Bertz CT molecular complexity index is 1160. The number of carbonyl (C=O) groups excluding carboxylic acids is 2. The first kappa shape index (κ1) is 23.7. The summed E-state index contributed by atoms with van der Waals surface area (Å²) in [4.78, 5) is 27.4. The fourth-order valence-electron chi connectivity index (χ4n) is 4.70. The van der Waals surface area contributed by atoms with Gasteiger partial charge in [-0.25, -0.2) is 0 Å². The van der Waals surface area contributed by atoms with Gasteiger partial charge in [0.05, 0.1) is 17.9 Å². The van der Waals surface area contributed by atoms with Crippen LogP contribution in [0, 0.1) is 26.7 Å². The minimum atomic E-state index is -0.0336. The fraction of sp³-hybridized carbons (Fsp3) is 0.462. The van der Waals surface area contributed by atoms with Crippen LogP contribution in [-0.2, 0) is 11.3 Å². The molecule has 2 aromatic heterocycles. The van der Waals surface area contributed by atoms with Crippen molar-refractivity contribution >= 4 is 11.8 Å². The number of rotatable bonds is 7. The molecule has 0 saturated carbocycles. The summed E-state index contributed by atoms with van der Waals surface area (Å²) < 4.78 is 1.93. The van der Waals surface area contributed by atoms with Crippen molar-refractivity contribution in [1.82, 2.24) is 30.2 Å². The lowest BCUT2D eigenvalue weighted by Gasteiger charge is -2.31. The summed E-state index contributed by atoms with van der Waals surface area (Å²) in [6.45, 7) is 9.99. The molecule has 8 nitrogen and oxygen atoms in total. The minimum absolute atomic E-state index is 0.00925. The number of aromatic amines is 1. The molecule has 3 heterocycles. The van der Waals surface area contributed by atoms with Crippen molar-refractivity contribution in [2.45, 2.75) is 59.5 Å². The number of H-pyrrole nitrogens is 1. The summed E-state index contributed by atoms with van der Waals surface area (Å²) in [6.07, 6.45) is 2.14. The van der Waals surface area contributed by atoms with Gasteiger partial charge in [-0.2, -0.15) is 10.2 Å². The third-order valence-corrected chi connectivity index (χ3v) is 6.56. The SMILES string of the molecule is Cc1cc(C)n(CC(C)NC(=O)CC2CCN(C(=O)c3cc(-c4ccccc4C)n[nH]3)CC2)n1. The predicted molar refractivity (Wildman–Crippen MR) is 131 cm³/mol. The van der Waals surface area contributed by atoms with E-state index in [0.29, 0.717) is 31.7 Å². The molecule has 2 amide bonds. The number of piperidine rings is 1. The van der Waals surface area contributed by atoms with Gasteiger partial charge < -0.3 is 10.2 Å². The van der Waals surface area contributed by atoms with Crippen molar-refractivity contribution in [3.63, 3.8) is 0 Å².